The van der Waals surface area contributed by atoms with Crippen molar-refractivity contribution in [1.29, 1.82) is 0 Å². The van der Waals surface area contributed by atoms with Gasteiger partial charge in [0.15, 0.2) is 0 Å². The van der Waals surface area contributed by atoms with Crippen molar-refractivity contribution in [2.24, 2.45) is 0 Å². The summed E-state index contributed by atoms with van der Waals surface area (Å²) >= 11 is 5.52. The molecule has 1 heterocycles. The molecule has 0 amide bonds. The second-order valence-corrected chi connectivity index (χ2v) is 2.30. The zero-order valence-electron chi connectivity index (χ0n) is 5.41. The number of nitrogen functional groups attached to an aromatic ring is 1. The molecule has 0 aliphatic rings. The van der Waals surface area contributed by atoms with Crippen LogP contribution in [-0.4, -0.2) is 16.1 Å². The third-order valence-corrected chi connectivity index (χ3v) is 1.42. The third kappa shape index (κ3) is 1.59. The van der Waals surface area contributed by atoms with Gasteiger partial charge in [0, 0.05) is 6.20 Å². The maximum Gasteiger partial charge on any atom is 0.338 e. The van der Waals surface area contributed by atoms with Crippen LogP contribution in [0.1, 0.15) is 10.4 Å². The van der Waals surface area contributed by atoms with Gasteiger partial charge < -0.3 is 10.8 Å². The Morgan fingerprint density at radius 2 is 2.36 bits per heavy atom. The third-order valence-electron chi connectivity index (χ3n) is 1.11. The molecule has 0 bridgehead atoms. The molecule has 0 atom stereocenters. The van der Waals surface area contributed by atoms with E-state index in [1.165, 1.54) is 6.07 Å². The van der Waals surface area contributed by atoms with Crippen LogP contribution in [0.4, 0.5) is 5.82 Å². The Balaban J connectivity index is 3.20. The molecule has 11 heavy (non-hydrogen) atoms. The molecule has 0 aliphatic carbocycles. The van der Waals surface area contributed by atoms with Crippen LogP contribution < -0.4 is 5.73 Å². The standard InChI is InChI=1S/C6H5ClN2O2/c7-4-1-5(8)9-2-3(4)6(10)11/h1-2H,(H2,8,9)(H,10,11). The first kappa shape index (κ1) is 7.81. The normalized spacial score (nSPS) is 9.55. The number of hydrogen-bond donors (Lipinski definition) is 2. The van der Waals surface area contributed by atoms with E-state index in [4.69, 9.17) is 22.4 Å². The van der Waals surface area contributed by atoms with Crippen molar-refractivity contribution in [3.63, 3.8) is 0 Å². The van der Waals surface area contributed by atoms with Gasteiger partial charge in [-0.05, 0) is 6.07 Å². The number of nitrogens with two attached hydrogens (primary N) is 1. The van der Waals surface area contributed by atoms with Crippen molar-refractivity contribution in [2.45, 2.75) is 0 Å². The molecular weight excluding hydrogens is 168 g/mol. The fourth-order valence-electron chi connectivity index (χ4n) is 0.603. The van der Waals surface area contributed by atoms with Crippen LogP contribution in [0.25, 0.3) is 0 Å². The van der Waals surface area contributed by atoms with E-state index < -0.39 is 5.97 Å². The lowest BCUT2D eigenvalue weighted by Crippen LogP contribution is -2.00. The molecule has 3 N–H and O–H groups in total. The van der Waals surface area contributed by atoms with Crippen molar-refractivity contribution < 1.29 is 9.90 Å². The lowest BCUT2D eigenvalue weighted by atomic mass is 10.3. The lowest BCUT2D eigenvalue weighted by molar-refractivity contribution is 0.0696. The highest BCUT2D eigenvalue weighted by Crippen LogP contribution is 2.16. The highest BCUT2D eigenvalue weighted by Gasteiger charge is 2.08. The minimum absolute atomic E-state index is 0.0409. The van der Waals surface area contributed by atoms with Gasteiger partial charge in [0.1, 0.15) is 5.82 Å². The molecule has 1 rings (SSSR count). The Morgan fingerprint density at radius 1 is 1.73 bits per heavy atom. The van der Waals surface area contributed by atoms with Crippen LogP contribution in [0, 0.1) is 0 Å². The van der Waals surface area contributed by atoms with Crippen LogP contribution in [0.3, 0.4) is 0 Å². The molecule has 4 nitrogen and oxygen atoms in total. The zero-order valence-corrected chi connectivity index (χ0v) is 6.17. The summed E-state index contributed by atoms with van der Waals surface area (Å²) in [5.74, 6) is -0.900. The Kier molecular flexibility index (Phi) is 1.96. The van der Waals surface area contributed by atoms with Gasteiger partial charge in [0.25, 0.3) is 0 Å². The first-order valence-corrected chi connectivity index (χ1v) is 3.13. The second-order valence-electron chi connectivity index (χ2n) is 1.89. The Hall–Kier alpha value is -1.29. The summed E-state index contributed by atoms with van der Waals surface area (Å²) in [4.78, 5) is 13.9. The van der Waals surface area contributed by atoms with E-state index in [1.807, 2.05) is 0 Å². The van der Waals surface area contributed by atoms with Crippen LogP contribution in [0.15, 0.2) is 12.3 Å². The van der Waals surface area contributed by atoms with Gasteiger partial charge in [-0.15, -0.1) is 0 Å². The second kappa shape index (κ2) is 2.75. The fourth-order valence-corrected chi connectivity index (χ4v) is 0.844. The topological polar surface area (TPSA) is 76.2 Å². The Morgan fingerprint density at radius 3 is 2.82 bits per heavy atom. The minimum atomic E-state index is -1.11. The van der Waals surface area contributed by atoms with E-state index in [1.54, 1.807) is 0 Å². The van der Waals surface area contributed by atoms with E-state index >= 15 is 0 Å². The molecule has 0 saturated heterocycles. The molecule has 0 aliphatic heterocycles. The molecule has 0 saturated carbocycles. The van der Waals surface area contributed by atoms with Crippen LogP contribution in [0.5, 0.6) is 0 Å². The van der Waals surface area contributed by atoms with E-state index in [2.05, 4.69) is 4.98 Å². The minimum Gasteiger partial charge on any atom is -0.478 e. The number of carboxylic acid groups (broad SMARTS) is 1. The number of halogens is 1. The van der Waals surface area contributed by atoms with Gasteiger partial charge in [0.05, 0.1) is 10.6 Å². The lowest BCUT2D eigenvalue weighted by Gasteiger charge is -1.97. The summed E-state index contributed by atoms with van der Waals surface area (Å²) < 4.78 is 0. The van der Waals surface area contributed by atoms with Crippen LogP contribution >= 0.6 is 11.6 Å². The molecular formula is C6H5ClN2O2. The van der Waals surface area contributed by atoms with Gasteiger partial charge in [-0.25, -0.2) is 9.78 Å². The predicted octanol–water partition coefficient (Wildman–Crippen LogP) is 1.02. The summed E-state index contributed by atoms with van der Waals surface area (Å²) in [5.41, 5.74) is 5.20. The van der Waals surface area contributed by atoms with Crippen molar-refractivity contribution in [1.82, 2.24) is 4.98 Å². The molecule has 0 fully saturated rings. The van der Waals surface area contributed by atoms with E-state index in [0.29, 0.717) is 0 Å². The van der Waals surface area contributed by atoms with Crippen LogP contribution in [-0.2, 0) is 0 Å². The van der Waals surface area contributed by atoms with Crippen molar-refractivity contribution in [3.05, 3.63) is 22.8 Å². The van der Waals surface area contributed by atoms with Gasteiger partial charge in [-0.3, -0.25) is 0 Å². The molecule has 0 aromatic carbocycles. The Bertz CT molecular complexity index is 301. The number of carboxylic acids is 1. The summed E-state index contributed by atoms with van der Waals surface area (Å²) in [7, 11) is 0. The van der Waals surface area contributed by atoms with E-state index in [-0.39, 0.29) is 16.4 Å². The number of pyridine rings is 1. The molecule has 0 radical (unpaired) electrons. The van der Waals surface area contributed by atoms with Gasteiger partial charge in [-0.1, -0.05) is 11.6 Å². The summed E-state index contributed by atoms with van der Waals surface area (Å²) in [6, 6.07) is 1.30. The van der Waals surface area contributed by atoms with Crippen LogP contribution in [0.2, 0.25) is 5.02 Å². The number of aromatic carboxylic acids is 1. The fraction of sp³-hybridized carbons (Fsp3) is 0. The smallest absolute Gasteiger partial charge is 0.338 e. The van der Waals surface area contributed by atoms with Gasteiger partial charge in [-0.2, -0.15) is 0 Å². The SMILES string of the molecule is Nc1cc(Cl)c(C(=O)O)cn1. The molecule has 58 valence electrons. The molecule has 5 heteroatoms. The maximum atomic E-state index is 10.4. The molecule has 0 unspecified atom stereocenters. The number of anilines is 1. The van der Waals surface area contributed by atoms with E-state index in [9.17, 15) is 4.79 Å². The number of hydrogen-bond acceptors (Lipinski definition) is 3. The molecule has 0 spiro atoms. The van der Waals surface area contributed by atoms with E-state index in [0.717, 1.165) is 6.20 Å². The monoisotopic (exact) mass is 172 g/mol. The van der Waals surface area contributed by atoms with Crippen molar-refractivity contribution >= 4 is 23.4 Å². The highest BCUT2D eigenvalue weighted by molar-refractivity contribution is 6.33. The molecule has 1 aromatic heterocycles. The number of nitrogens with zero attached hydrogens (tertiary/aromatic N) is 1. The average molecular weight is 173 g/mol. The summed E-state index contributed by atoms with van der Waals surface area (Å²) in [6.07, 6.45) is 1.12. The van der Waals surface area contributed by atoms with Crippen molar-refractivity contribution in [2.75, 3.05) is 5.73 Å². The highest BCUT2D eigenvalue weighted by atomic mass is 35.5. The number of carbonyl (C=O) groups is 1. The Labute approximate surface area is 67.6 Å². The summed E-state index contributed by atoms with van der Waals surface area (Å²) in [5, 5.41) is 8.59. The zero-order chi connectivity index (χ0) is 8.43. The summed E-state index contributed by atoms with van der Waals surface area (Å²) in [6.45, 7) is 0. The first-order chi connectivity index (χ1) is 5.11. The van der Waals surface area contributed by atoms with Gasteiger partial charge >= 0.3 is 5.97 Å². The maximum absolute atomic E-state index is 10.4. The predicted molar refractivity (Wildman–Crippen MR) is 40.6 cm³/mol. The van der Waals surface area contributed by atoms with Gasteiger partial charge in [0.2, 0.25) is 0 Å². The number of rotatable bonds is 1. The largest absolute Gasteiger partial charge is 0.478 e. The average Bonchev–Trinajstić information content (AvgIpc) is 1.85. The quantitative estimate of drug-likeness (QED) is 0.663. The molecule has 1 aromatic rings. The number of aromatic nitrogens is 1. The first-order valence-electron chi connectivity index (χ1n) is 2.75. The van der Waals surface area contributed by atoms with Crippen molar-refractivity contribution in [3.8, 4) is 0 Å².